The van der Waals surface area contributed by atoms with E-state index in [4.69, 9.17) is 0 Å². The van der Waals surface area contributed by atoms with Crippen molar-refractivity contribution in [2.45, 2.75) is 39.5 Å². The molecular formula is C12H17N3O. The van der Waals surface area contributed by atoms with Crippen LogP contribution in [0.2, 0.25) is 0 Å². The van der Waals surface area contributed by atoms with Crippen LogP contribution in [0, 0.1) is 0 Å². The summed E-state index contributed by atoms with van der Waals surface area (Å²) >= 11 is 0. The zero-order valence-corrected chi connectivity index (χ0v) is 10.2. The number of fused-ring (bicyclic) bond motifs is 1. The van der Waals surface area contributed by atoms with Gasteiger partial charge in [0, 0.05) is 12.5 Å². The van der Waals surface area contributed by atoms with Gasteiger partial charge in [0.2, 0.25) is 0 Å². The number of rotatable bonds is 1. The fourth-order valence-electron chi connectivity index (χ4n) is 1.63. The molecular weight excluding hydrogens is 202 g/mol. The third-order valence-electron chi connectivity index (χ3n) is 2.70. The molecule has 2 heterocycles. The third kappa shape index (κ3) is 1.75. The Balaban J connectivity index is 2.72. The highest BCUT2D eigenvalue weighted by Gasteiger charge is 2.16. The van der Waals surface area contributed by atoms with E-state index in [-0.39, 0.29) is 11.0 Å². The lowest BCUT2D eigenvalue weighted by Gasteiger charge is -2.18. The topological polar surface area (TPSA) is 50.2 Å². The van der Waals surface area contributed by atoms with Crippen LogP contribution in [-0.4, -0.2) is 14.6 Å². The van der Waals surface area contributed by atoms with Gasteiger partial charge in [-0.05, 0) is 17.0 Å². The molecule has 0 unspecified atom stereocenters. The molecule has 2 aromatic rings. The highest BCUT2D eigenvalue weighted by Crippen LogP contribution is 2.21. The number of hydrogen-bond acceptors (Lipinski definition) is 2. The van der Waals surface area contributed by atoms with Gasteiger partial charge in [0.15, 0.2) is 5.65 Å². The van der Waals surface area contributed by atoms with Crippen molar-refractivity contribution in [2.75, 3.05) is 0 Å². The standard InChI is InChI=1S/C12H17N3O/c1-5-9-13-10-6-8(12(2,3)4)7-11(16)15(10)14-9/h6-7H,5H2,1-4H3,(H,13,14). The van der Waals surface area contributed by atoms with Gasteiger partial charge in [-0.3, -0.25) is 9.89 Å². The SMILES string of the molecule is CCc1nc2cc(C(C)(C)C)cc(=O)n2[nH]1. The summed E-state index contributed by atoms with van der Waals surface area (Å²) in [5.74, 6) is 0.836. The quantitative estimate of drug-likeness (QED) is 0.796. The van der Waals surface area contributed by atoms with Crippen LogP contribution in [0.25, 0.3) is 5.65 Å². The van der Waals surface area contributed by atoms with Crippen molar-refractivity contribution < 1.29 is 0 Å². The van der Waals surface area contributed by atoms with Crippen molar-refractivity contribution in [3.05, 3.63) is 33.9 Å². The molecule has 0 spiro atoms. The Hall–Kier alpha value is -1.58. The number of pyridine rings is 1. The highest BCUT2D eigenvalue weighted by atomic mass is 16.1. The van der Waals surface area contributed by atoms with Crippen LogP contribution in [0.4, 0.5) is 0 Å². The van der Waals surface area contributed by atoms with Crippen molar-refractivity contribution in [2.24, 2.45) is 0 Å². The molecule has 0 aliphatic heterocycles. The molecule has 2 rings (SSSR count). The van der Waals surface area contributed by atoms with Gasteiger partial charge in [-0.25, -0.2) is 9.50 Å². The van der Waals surface area contributed by atoms with Gasteiger partial charge in [-0.2, -0.15) is 0 Å². The lowest BCUT2D eigenvalue weighted by molar-refractivity contribution is 0.588. The zero-order chi connectivity index (χ0) is 11.9. The fraction of sp³-hybridized carbons (Fsp3) is 0.500. The Bertz CT molecular complexity index is 572. The molecule has 86 valence electrons. The molecule has 0 saturated heterocycles. The van der Waals surface area contributed by atoms with E-state index in [1.807, 2.05) is 13.0 Å². The molecule has 0 aromatic carbocycles. The van der Waals surface area contributed by atoms with E-state index in [1.165, 1.54) is 4.52 Å². The minimum absolute atomic E-state index is 0.0285. The molecule has 0 amide bonds. The van der Waals surface area contributed by atoms with Gasteiger partial charge in [0.25, 0.3) is 5.56 Å². The maximum atomic E-state index is 11.9. The Morgan fingerprint density at radius 2 is 2.06 bits per heavy atom. The Morgan fingerprint density at radius 3 is 2.62 bits per heavy atom. The van der Waals surface area contributed by atoms with Crippen molar-refractivity contribution in [3.63, 3.8) is 0 Å². The van der Waals surface area contributed by atoms with E-state index >= 15 is 0 Å². The molecule has 0 radical (unpaired) electrons. The molecule has 16 heavy (non-hydrogen) atoms. The maximum Gasteiger partial charge on any atom is 0.271 e. The van der Waals surface area contributed by atoms with Gasteiger partial charge < -0.3 is 0 Å². The number of hydrogen-bond donors (Lipinski definition) is 1. The average Bonchev–Trinajstić information content (AvgIpc) is 2.59. The smallest absolute Gasteiger partial charge is 0.271 e. The zero-order valence-electron chi connectivity index (χ0n) is 10.2. The first kappa shape index (κ1) is 10.9. The summed E-state index contributed by atoms with van der Waals surface area (Å²) in [6, 6.07) is 3.64. The maximum absolute atomic E-state index is 11.9. The van der Waals surface area contributed by atoms with Crippen LogP contribution in [-0.2, 0) is 11.8 Å². The molecule has 0 aliphatic carbocycles. The Kier molecular flexibility index (Phi) is 2.37. The van der Waals surface area contributed by atoms with Crippen molar-refractivity contribution in [1.82, 2.24) is 14.6 Å². The fourth-order valence-corrected chi connectivity index (χ4v) is 1.63. The third-order valence-corrected chi connectivity index (χ3v) is 2.70. The van der Waals surface area contributed by atoms with Crippen molar-refractivity contribution >= 4 is 5.65 Å². The summed E-state index contributed by atoms with van der Waals surface area (Å²) < 4.78 is 1.49. The van der Waals surface area contributed by atoms with Gasteiger partial charge in [-0.1, -0.05) is 27.7 Å². The lowest BCUT2D eigenvalue weighted by Crippen LogP contribution is -2.19. The van der Waals surface area contributed by atoms with Gasteiger partial charge in [0.1, 0.15) is 5.82 Å². The second kappa shape index (κ2) is 3.47. The van der Waals surface area contributed by atoms with Crippen LogP contribution in [0.1, 0.15) is 39.1 Å². The highest BCUT2D eigenvalue weighted by molar-refractivity contribution is 5.42. The number of aromatic nitrogens is 3. The lowest BCUT2D eigenvalue weighted by atomic mass is 9.88. The van der Waals surface area contributed by atoms with Gasteiger partial charge >= 0.3 is 0 Å². The summed E-state index contributed by atoms with van der Waals surface area (Å²) in [5, 5.41) is 2.99. The number of nitrogens with zero attached hydrogens (tertiary/aromatic N) is 2. The second-order valence-corrected chi connectivity index (χ2v) is 5.05. The van der Waals surface area contributed by atoms with E-state index < -0.39 is 0 Å². The molecule has 4 heteroatoms. The van der Waals surface area contributed by atoms with E-state index in [9.17, 15) is 4.79 Å². The first-order chi connectivity index (χ1) is 7.41. The number of aromatic amines is 1. The molecule has 0 atom stereocenters. The van der Waals surface area contributed by atoms with Crippen molar-refractivity contribution in [1.29, 1.82) is 0 Å². The van der Waals surface area contributed by atoms with Gasteiger partial charge in [-0.15, -0.1) is 0 Å². The normalized spacial score (nSPS) is 12.2. The minimum Gasteiger partial charge on any atom is -0.276 e. The molecule has 0 saturated carbocycles. The van der Waals surface area contributed by atoms with Gasteiger partial charge in [0.05, 0.1) is 0 Å². The van der Waals surface area contributed by atoms with E-state index in [1.54, 1.807) is 6.07 Å². The molecule has 0 fully saturated rings. The Morgan fingerprint density at radius 1 is 1.38 bits per heavy atom. The summed E-state index contributed by atoms with van der Waals surface area (Å²) in [6.07, 6.45) is 0.798. The second-order valence-electron chi connectivity index (χ2n) is 5.05. The molecule has 0 bridgehead atoms. The van der Waals surface area contributed by atoms with Crippen LogP contribution < -0.4 is 5.56 Å². The van der Waals surface area contributed by atoms with E-state index in [0.29, 0.717) is 5.65 Å². The van der Waals surface area contributed by atoms with Crippen LogP contribution >= 0.6 is 0 Å². The molecule has 1 N–H and O–H groups in total. The summed E-state index contributed by atoms with van der Waals surface area (Å²) in [4.78, 5) is 16.2. The monoisotopic (exact) mass is 219 g/mol. The summed E-state index contributed by atoms with van der Waals surface area (Å²) in [5.41, 5.74) is 1.65. The average molecular weight is 219 g/mol. The minimum atomic E-state index is -0.0466. The van der Waals surface area contributed by atoms with E-state index in [2.05, 4.69) is 30.9 Å². The number of aryl methyl sites for hydroxylation is 1. The summed E-state index contributed by atoms with van der Waals surface area (Å²) in [7, 11) is 0. The Labute approximate surface area is 94.3 Å². The first-order valence-electron chi connectivity index (χ1n) is 5.54. The number of nitrogens with one attached hydrogen (secondary N) is 1. The van der Waals surface area contributed by atoms with E-state index in [0.717, 1.165) is 17.8 Å². The largest absolute Gasteiger partial charge is 0.276 e. The molecule has 0 aliphatic rings. The van der Waals surface area contributed by atoms with Crippen LogP contribution in [0.5, 0.6) is 0 Å². The van der Waals surface area contributed by atoms with Crippen molar-refractivity contribution in [3.8, 4) is 0 Å². The molecule has 4 nitrogen and oxygen atoms in total. The predicted molar refractivity (Wildman–Crippen MR) is 63.9 cm³/mol. The number of H-pyrrole nitrogens is 1. The summed E-state index contributed by atoms with van der Waals surface area (Å²) in [6.45, 7) is 8.27. The predicted octanol–water partition coefficient (Wildman–Crippen LogP) is 1.88. The van der Waals surface area contributed by atoms with Crippen LogP contribution in [0.15, 0.2) is 16.9 Å². The van der Waals surface area contributed by atoms with Crippen LogP contribution in [0.3, 0.4) is 0 Å². The first-order valence-corrected chi connectivity index (χ1v) is 5.54. The molecule has 2 aromatic heterocycles.